The molecule has 7 rings (SSSR count). The van der Waals surface area contributed by atoms with E-state index < -0.39 is 17.5 Å². The lowest BCUT2D eigenvalue weighted by atomic mass is 9.85. The van der Waals surface area contributed by atoms with Gasteiger partial charge in [-0.25, -0.2) is 4.79 Å². The number of rotatable bonds is 8. The monoisotopic (exact) mass is 583 g/mol. The maximum Gasteiger partial charge on any atom is 0.346 e. The summed E-state index contributed by atoms with van der Waals surface area (Å²) in [5, 5.41) is 0.628. The van der Waals surface area contributed by atoms with Crippen LogP contribution in [0.15, 0.2) is 63.8 Å². The Morgan fingerprint density at radius 1 is 0.884 bits per heavy atom. The van der Waals surface area contributed by atoms with Gasteiger partial charge in [0, 0.05) is 25.5 Å². The molecule has 4 heterocycles. The fourth-order valence-electron chi connectivity index (χ4n) is 6.34. The third kappa shape index (κ3) is 4.24. The number of amides is 2. The molecule has 2 bridgehead atoms. The topological polar surface area (TPSA) is 114 Å². The second-order valence-corrected chi connectivity index (χ2v) is 10.9. The molecule has 0 saturated carbocycles. The van der Waals surface area contributed by atoms with Gasteiger partial charge in [-0.15, -0.1) is 0 Å². The van der Waals surface area contributed by atoms with Crippen molar-refractivity contribution >= 4 is 22.8 Å². The average Bonchev–Trinajstić information content (AvgIpc) is 3.26. The van der Waals surface area contributed by atoms with E-state index in [0.717, 1.165) is 11.1 Å². The van der Waals surface area contributed by atoms with Crippen LogP contribution in [0.2, 0.25) is 0 Å². The van der Waals surface area contributed by atoms with Crippen LogP contribution in [0.5, 0.6) is 23.0 Å². The van der Waals surface area contributed by atoms with Crippen LogP contribution in [0.25, 0.3) is 11.0 Å². The third-order valence-electron chi connectivity index (χ3n) is 8.44. The van der Waals surface area contributed by atoms with E-state index in [-0.39, 0.29) is 23.9 Å². The fourth-order valence-corrected chi connectivity index (χ4v) is 6.34. The van der Waals surface area contributed by atoms with Crippen molar-refractivity contribution in [1.82, 2.24) is 4.90 Å². The van der Waals surface area contributed by atoms with Crippen LogP contribution in [-0.4, -0.2) is 50.4 Å². The van der Waals surface area contributed by atoms with Gasteiger partial charge in [-0.05, 0) is 60.4 Å². The fraction of sp³-hybridized carbons (Fsp3) is 0.303. The Bertz CT molecular complexity index is 1830. The molecule has 0 aliphatic carbocycles. The number of methoxy groups -OCH3 is 3. The number of carbonyl (C=O) groups is 2. The van der Waals surface area contributed by atoms with Crippen molar-refractivity contribution in [3.8, 4) is 23.0 Å². The summed E-state index contributed by atoms with van der Waals surface area (Å²) in [5.74, 6) is 0.353. The average molecular weight is 584 g/mol. The molecule has 220 valence electrons. The first kappa shape index (κ1) is 27.0. The van der Waals surface area contributed by atoms with Crippen molar-refractivity contribution in [3.63, 3.8) is 0 Å². The van der Waals surface area contributed by atoms with E-state index in [1.54, 1.807) is 57.7 Å². The molecule has 4 aromatic rings. The van der Waals surface area contributed by atoms with Crippen LogP contribution >= 0.6 is 0 Å². The number of benzene rings is 3. The van der Waals surface area contributed by atoms with Crippen molar-refractivity contribution in [2.75, 3.05) is 27.9 Å². The van der Waals surface area contributed by atoms with Crippen molar-refractivity contribution in [2.45, 2.75) is 37.6 Å². The molecule has 3 aliphatic heterocycles. The molecular weight excluding hydrogens is 554 g/mol. The highest BCUT2D eigenvalue weighted by atomic mass is 16.7. The normalized spacial score (nSPS) is 19.9. The first-order valence-electron chi connectivity index (χ1n) is 14.1. The molecule has 1 aromatic heterocycles. The molecule has 3 aromatic carbocycles. The summed E-state index contributed by atoms with van der Waals surface area (Å²) in [5.41, 5.74) is 2.57. The SMILES string of the molecule is COc1ccc2c3c(c(=O)oc2c1)[C@H]1O[C@](CCCCN2C(=O)c4ccccc4C2=O)(Cc2cc(OC)c(OC)cc21)O3. The molecule has 2 atom stereocenters. The van der Waals surface area contributed by atoms with E-state index in [9.17, 15) is 14.4 Å². The lowest BCUT2D eigenvalue weighted by molar-refractivity contribution is -0.232. The van der Waals surface area contributed by atoms with E-state index in [1.165, 1.54) is 4.90 Å². The van der Waals surface area contributed by atoms with Gasteiger partial charge in [0.05, 0.1) is 37.8 Å². The Hall–Kier alpha value is -4.83. The Kier molecular flexibility index (Phi) is 6.39. The van der Waals surface area contributed by atoms with Crippen LogP contribution in [0.4, 0.5) is 0 Å². The van der Waals surface area contributed by atoms with Gasteiger partial charge in [-0.2, -0.15) is 0 Å². The summed E-state index contributed by atoms with van der Waals surface area (Å²) < 4.78 is 35.5. The first-order chi connectivity index (χ1) is 20.9. The largest absolute Gasteiger partial charge is 0.497 e. The molecule has 10 heteroatoms. The van der Waals surface area contributed by atoms with E-state index >= 15 is 0 Å². The Balaban J connectivity index is 1.23. The Morgan fingerprint density at radius 2 is 1.60 bits per heavy atom. The van der Waals surface area contributed by atoms with Gasteiger partial charge in [0.25, 0.3) is 11.8 Å². The summed E-state index contributed by atoms with van der Waals surface area (Å²) >= 11 is 0. The van der Waals surface area contributed by atoms with Crippen LogP contribution in [-0.2, 0) is 11.2 Å². The zero-order chi connectivity index (χ0) is 29.9. The number of unbranched alkanes of at least 4 members (excludes halogenated alkanes) is 1. The molecule has 0 spiro atoms. The predicted octanol–water partition coefficient (Wildman–Crippen LogP) is 5.04. The highest BCUT2D eigenvalue weighted by molar-refractivity contribution is 6.21. The van der Waals surface area contributed by atoms with Crippen LogP contribution < -0.4 is 24.6 Å². The quantitative estimate of drug-likeness (QED) is 0.160. The predicted molar refractivity (Wildman–Crippen MR) is 154 cm³/mol. The number of hydrogen-bond donors (Lipinski definition) is 0. The summed E-state index contributed by atoms with van der Waals surface area (Å²) in [4.78, 5) is 40.4. The molecule has 43 heavy (non-hydrogen) atoms. The highest BCUT2D eigenvalue weighted by Gasteiger charge is 2.50. The van der Waals surface area contributed by atoms with E-state index in [4.69, 9.17) is 28.1 Å². The van der Waals surface area contributed by atoms with E-state index in [0.29, 0.717) is 70.8 Å². The highest BCUT2D eigenvalue weighted by Crippen LogP contribution is 2.52. The third-order valence-corrected chi connectivity index (χ3v) is 8.44. The number of nitrogens with zero attached hydrogens (tertiary/aromatic N) is 1. The van der Waals surface area contributed by atoms with Crippen molar-refractivity contribution < 1.29 is 37.7 Å². The Labute approximate surface area is 246 Å². The number of imide groups is 1. The number of hydrogen-bond acceptors (Lipinski definition) is 9. The Morgan fingerprint density at radius 3 is 2.30 bits per heavy atom. The summed E-state index contributed by atoms with van der Waals surface area (Å²) in [6, 6.07) is 15.8. The van der Waals surface area contributed by atoms with Crippen molar-refractivity contribution in [3.05, 3.63) is 92.8 Å². The second kappa shape index (κ2) is 10.2. The van der Waals surface area contributed by atoms with Gasteiger partial charge in [0.2, 0.25) is 5.79 Å². The van der Waals surface area contributed by atoms with Gasteiger partial charge in [0.1, 0.15) is 28.7 Å². The smallest absolute Gasteiger partial charge is 0.346 e. The van der Waals surface area contributed by atoms with Crippen LogP contribution in [0.3, 0.4) is 0 Å². The zero-order valence-corrected chi connectivity index (χ0v) is 23.9. The van der Waals surface area contributed by atoms with Crippen LogP contribution in [0, 0.1) is 0 Å². The van der Waals surface area contributed by atoms with E-state index in [1.807, 2.05) is 18.2 Å². The van der Waals surface area contributed by atoms with Gasteiger partial charge in [-0.1, -0.05) is 12.1 Å². The van der Waals surface area contributed by atoms with Gasteiger partial charge >= 0.3 is 5.63 Å². The number of ether oxygens (including phenoxy) is 5. The molecule has 0 unspecified atom stereocenters. The van der Waals surface area contributed by atoms with Crippen LogP contribution in [0.1, 0.15) is 62.8 Å². The van der Waals surface area contributed by atoms with Gasteiger partial charge in [-0.3, -0.25) is 14.5 Å². The molecule has 3 aliphatic rings. The van der Waals surface area contributed by atoms with E-state index in [2.05, 4.69) is 0 Å². The first-order valence-corrected chi connectivity index (χ1v) is 14.1. The molecule has 10 nitrogen and oxygen atoms in total. The maximum absolute atomic E-state index is 13.4. The molecule has 0 saturated heterocycles. The lowest BCUT2D eigenvalue weighted by Crippen LogP contribution is -2.50. The molecule has 2 amide bonds. The minimum atomic E-state index is -1.12. The molecular formula is C33H29NO9. The summed E-state index contributed by atoms with van der Waals surface area (Å²) in [6.07, 6.45) is 1.18. The lowest BCUT2D eigenvalue weighted by Gasteiger charge is -2.46. The minimum absolute atomic E-state index is 0.271. The molecule has 0 fully saturated rings. The van der Waals surface area contributed by atoms with Gasteiger partial charge in [0.15, 0.2) is 11.5 Å². The van der Waals surface area contributed by atoms with Gasteiger partial charge < -0.3 is 28.1 Å². The minimum Gasteiger partial charge on any atom is -0.497 e. The standard InChI is InChI=1S/C33H29NO9/c1-38-19-10-11-22-24(15-19)41-32(37)27-28(22)42-33(17-18-14-25(39-2)26(40-3)16-23(18)29(27)43-33)12-6-7-13-34-30(35)20-8-4-5-9-21(20)31(34)36/h4-5,8-11,14-16,29H,6-7,12-13,17H2,1-3H3/t29-,33+/m0/s1. The second-order valence-electron chi connectivity index (χ2n) is 10.9. The van der Waals surface area contributed by atoms with Crippen molar-refractivity contribution in [1.29, 1.82) is 0 Å². The zero-order valence-electron chi connectivity index (χ0n) is 23.9. The van der Waals surface area contributed by atoms with Crippen molar-refractivity contribution in [2.24, 2.45) is 0 Å². The summed E-state index contributed by atoms with van der Waals surface area (Å²) in [7, 11) is 4.67. The number of fused-ring (bicyclic) bond motifs is 9. The molecule has 0 radical (unpaired) electrons. The molecule has 0 N–H and O–H groups in total. The number of carbonyl (C=O) groups excluding carboxylic acids is 2. The maximum atomic E-state index is 13.4. The summed E-state index contributed by atoms with van der Waals surface area (Å²) in [6.45, 7) is 0.274.